The number of carbonyl (C=O) groups is 1. The monoisotopic (exact) mass is 515 g/mol. The molecule has 3 rings (SSSR count). The van der Waals surface area contributed by atoms with Crippen LogP contribution >= 0.6 is 15.9 Å². The van der Waals surface area contributed by atoms with Gasteiger partial charge in [-0.15, -0.1) is 0 Å². The molecule has 7 heteroatoms. The predicted molar refractivity (Wildman–Crippen MR) is 131 cm³/mol. The van der Waals surface area contributed by atoms with Crippen LogP contribution in [0.15, 0.2) is 76.1 Å². The van der Waals surface area contributed by atoms with Crippen LogP contribution < -0.4 is 9.04 Å². The predicted octanol–water partition coefficient (Wildman–Crippen LogP) is 5.34. The van der Waals surface area contributed by atoms with Crippen molar-refractivity contribution in [2.45, 2.75) is 31.6 Å². The highest BCUT2D eigenvalue weighted by Crippen LogP contribution is 2.34. The van der Waals surface area contributed by atoms with E-state index in [1.54, 1.807) is 36.4 Å². The van der Waals surface area contributed by atoms with Crippen molar-refractivity contribution in [1.29, 1.82) is 0 Å². The second-order valence-electron chi connectivity index (χ2n) is 7.49. The van der Waals surface area contributed by atoms with E-state index in [-0.39, 0.29) is 23.6 Å². The van der Waals surface area contributed by atoms with Crippen LogP contribution in [0.4, 0.5) is 5.69 Å². The van der Waals surface area contributed by atoms with Crippen LogP contribution in [0.1, 0.15) is 23.6 Å². The smallest absolute Gasteiger partial charge is 0.264 e. The summed E-state index contributed by atoms with van der Waals surface area (Å²) >= 11 is 3.46. The van der Waals surface area contributed by atoms with E-state index in [2.05, 4.69) is 15.9 Å². The molecule has 5 nitrogen and oxygen atoms in total. The second-order valence-corrected chi connectivity index (χ2v) is 10.2. The standard InChI is InChI=1S/C25H26BrNO4S/c1-4-19-11-14-25(31-3)24(15-19)27(32(29,30)22-12-9-18(2)10-13-22)17-21(28)16-20-7-5-6-8-23(20)26/h5-15H,4,16-17H2,1-3H3. The molecule has 3 aromatic rings. The van der Waals surface area contributed by atoms with Crippen molar-refractivity contribution >= 4 is 37.4 Å². The minimum Gasteiger partial charge on any atom is -0.495 e. The summed E-state index contributed by atoms with van der Waals surface area (Å²) in [6, 6.07) is 19.4. The first-order valence-electron chi connectivity index (χ1n) is 10.3. The maximum Gasteiger partial charge on any atom is 0.264 e. The Kier molecular flexibility index (Phi) is 7.74. The van der Waals surface area contributed by atoms with Gasteiger partial charge in [0.2, 0.25) is 0 Å². The average Bonchev–Trinajstić information content (AvgIpc) is 2.78. The summed E-state index contributed by atoms with van der Waals surface area (Å²) in [6.07, 6.45) is 0.831. The topological polar surface area (TPSA) is 63.7 Å². The Hall–Kier alpha value is -2.64. The zero-order chi connectivity index (χ0) is 23.3. The van der Waals surface area contributed by atoms with Gasteiger partial charge in [0.1, 0.15) is 5.75 Å². The third-order valence-corrected chi connectivity index (χ3v) is 7.74. The fourth-order valence-corrected chi connectivity index (χ4v) is 5.23. The van der Waals surface area contributed by atoms with Gasteiger partial charge < -0.3 is 4.74 Å². The molecule has 0 aromatic heterocycles. The third-order valence-electron chi connectivity index (χ3n) is 5.19. The summed E-state index contributed by atoms with van der Waals surface area (Å²) in [5.41, 5.74) is 3.06. The Morgan fingerprint density at radius 3 is 2.34 bits per heavy atom. The highest BCUT2D eigenvalue weighted by atomic mass is 79.9. The molecule has 168 valence electrons. The van der Waals surface area contributed by atoms with Crippen molar-refractivity contribution < 1.29 is 17.9 Å². The summed E-state index contributed by atoms with van der Waals surface area (Å²) in [7, 11) is -2.52. The lowest BCUT2D eigenvalue weighted by Gasteiger charge is -2.26. The van der Waals surface area contributed by atoms with Crippen LogP contribution in [-0.2, 0) is 27.7 Å². The number of ether oxygens (including phenoxy) is 1. The molecule has 0 bridgehead atoms. The van der Waals surface area contributed by atoms with E-state index in [0.29, 0.717) is 11.4 Å². The van der Waals surface area contributed by atoms with Crippen LogP contribution in [0.2, 0.25) is 0 Å². The number of carbonyl (C=O) groups excluding carboxylic acids is 1. The zero-order valence-corrected chi connectivity index (χ0v) is 20.7. The van der Waals surface area contributed by atoms with Crippen molar-refractivity contribution in [2.75, 3.05) is 18.0 Å². The van der Waals surface area contributed by atoms with Gasteiger partial charge in [0.15, 0.2) is 5.78 Å². The first-order chi connectivity index (χ1) is 15.3. The Morgan fingerprint density at radius 2 is 1.72 bits per heavy atom. The number of nitrogens with zero attached hydrogens (tertiary/aromatic N) is 1. The maximum absolute atomic E-state index is 13.7. The number of benzene rings is 3. The highest BCUT2D eigenvalue weighted by molar-refractivity contribution is 9.10. The van der Waals surface area contributed by atoms with Crippen molar-refractivity contribution in [3.63, 3.8) is 0 Å². The summed E-state index contributed by atoms with van der Waals surface area (Å²) in [5.74, 6) is 0.170. The lowest BCUT2D eigenvalue weighted by Crippen LogP contribution is -2.36. The summed E-state index contributed by atoms with van der Waals surface area (Å²) in [6.45, 7) is 3.58. The molecule has 3 aromatic carbocycles. The van der Waals surface area contributed by atoms with Gasteiger partial charge in [-0.2, -0.15) is 0 Å². The molecule has 32 heavy (non-hydrogen) atoms. The van der Waals surface area contributed by atoms with Gasteiger partial charge in [-0.1, -0.05) is 64.8 Å². The Balaban J connectivity index is 2.06. The van der Waals surface area contributed by atoms with Crippen molar-refractivity contribution in [1.82, 2.24) is 0 Å². The highest BCUT2D eigenvalue weighted by Gasteiger charge is 2.29. The first-order valence-corrected chi connectivity index (χ1v) is 12.5. The largest absolute Gasteiger partial charge is 0.495 e. The number of methoxy groups -OCH3 is 1. The van der Waals surface area contributed by atoms with Gasteiger partial charge in [0.25, 0.3) is 10.0 Å². The Labute approximate surface area is 198 Å². The SMILES string of the molecule is CCc1ccc(OC)c(N(CC(=O)Cc2ccccc2Br)S(=O)(=O)c2ccc(C)cc2)c1. The van der Waals surface area contributed by atoms with Gasteiger partial charge >= 0.3 is 0 Å². The molecule has 0 radical (unpaired) electrons. The second kappa shape index (κ2) is 10.3. The fraction of sp³-hybridized carbons (Fsp3) is 0.240. The molecule has 0 aliphatic carbocycles. The van der Waals surface area contributed by atoms with Crippen molar-refractivity contribution in [3.05, 3.63) is 87.9 Å². The molecule has 0 aliphatic heterocycles. The molecule has 0 fully saturated rings. The van der Waals surface area contributed by atoms with E-state index < -0.39 is 10.0 Å². The fourth-order valence-electron chi connectivity index (χ4n) is 3.36. The van der Waals surface area contributed by atoms with Crippen molar-refractivity contribution in [2.24, 2.45) is 0 Å². The van der Waals surface area contributed by atoms with Crippen LogP contribution in [0, 0.1) is 6.92 Å². The summed E-state index contributed by atoms with van der Waals surface area (Å²) in [5, 5.41) is 0. The average molecular weight is 516 g/mol. The molecule has 0 saturated heterocycles. The third kappa shape index (κ3) is 5.40. The van der Waals surface area contributed by atoms with Gasteiger partial charge in [0, 0.05) is 10.9 Å². The molecule has 0 N–H and O–H groups in total. The molecular weight excluding hydrogens is 490 g/mol. The van der Waals surface area contributed by atoms with Crippen molar-refractivity contribution in [3.8, 4) is 5.75 Å². The summed E-state index contributed by atoms with van der Waals surface area (Å²) < 4.78 is 34.8. The molecule has 0 atom stereocenters. The zero-order valence-electron chi connectivity index (χ0n) is 18.3. The minimum atomic E-state index is -4.01. The van der Waals surface area contributed by atoms with Gasteiger partial charge in [0.05, 0.1) is 24.2 Å². The molecule has 0 heterocycles. The lowest BCUT2D eigenvalue weighted by atomic mass is 10.1. The van der Waals surface area contributed by atoms with Crippen LogP contribution in [-0.4, -0.2) is 27.9 Å². The molecule has 0 amide bonds. The Morgan fingerprint density at radius 1 is 1.03 bits per heavy atom. The van der Waals surface area contributed by atoms with E-state index in [1.165, 1.54) is 7.11 Å². The Bertz CT molecular complexity index is 1210. The number of hydrogen-bond donors (Lipinski definition) is 0. The number of sulfonamides is 1. The maximum atomic E-state index is 13.7. The number of hydrogen-bond acceptors (Lipinski definition) is 4. The number of ketones is 1. The van der Waals surface area contributed by atoms with Gasteiger partial charge in [-0.05, 0) is 54.8 Å². The molecule has 0 unspecified atom stereocenters. The number of halogens is 1. The van der Waals surface area contributed by atoms with E-state index in [4.69, 9.17) is 4.74 Å². The van der Waals surface area contributed by atoms with Gasteiger partial charge in [-0.3, -0.25) is 9.10 Å². The molecule has 0 aliphatic rings. The number of aryl methyl sites for hydroxylation is 2. The number of anilines is 1. The van der Waals surface area contributed by atoms with E-state index in [0.717, 1.165) is 31.9 Å². The molecule has 0 saturated carbocycles. The molecular formula is C25H26BrNO4S. The molecule has 0 spiro atoms. The van der Waals surface area contributed by atoms with Crippen LogP contribution in [0.5, 0.6) is 5.75 Å². The quantitative estimate of drug-likeness (QED) is 0.386. The lowest BCUT2D eigenvalue weighted by molar-refractivity contribution is -0.117. The summed E-state index contributed by atoms with van der Waals surface area (Å²) in [4.78, 5) is 13.2. The normalized spacial score (nSPS) is 11.2. The van der Waals surface area contributed by atoms with E-state index in [9.17, 15) is 13.2 Å². The van der Waals surface area contributed by atoms with E-state index >= 15 is 0 Å². The number of Topliss-reactive ketones (excluding diaryl/α,β-unsaturated/α-hetero) is 1. The first kappa shape index (κ1) is 24.0. The minimum absolute atomic E-state index is 0.108. The van der Waals surface area contributed by atoms with Crippen LogP contribution in [0.25, 0.3) is 0 Å². The van der Waals surface area contributed by atoms with Crippen LogP contribution in [0.3, 0.4) is 0 Å². The van der Waals surface area contributed by atoms with E-state index in [1.807, 2.05) is 44.2 Å². The number of rotatable bonds is 9. The van der Waals surface area contributed by atoms with Gasteiger partial charge in [-0.25, -0.2) is 8.42 Å².